The van der Waals surface area contributed by atoms with Gasteiger partial charge in [0, 0.05) is 6.61 Å². The molecule has 2 atom stereocenters. The standard InChI is InChI=1S/C15H19NO4S/c1-4-20-15-10-9-14(17)12(3)16(15)21(18,19)13-7-5-11(2)6-8-13/h5-10,12,15H,4H2,1-3H3/t12-,15-/m1/s1. The lowest BCUT2D eigenvalue weighted by atomic mass is 10.1. The maximum atomic E-state index is 12.8. The van der Waals surface area contributed by atoms with Crippen molar-refractivity contribution < 1.29 is 17.9 Å². The molecule has 2 rings (SSSR count). The Bertz CT molecular complexity index is 649. The predicted molar refractivity (Wildman–Crippen MR) is 79.2 cm³/mol. The molecule has 21 heavy (non-hydrogen) atoms. The number of nitrogens with zero attached hydrogens (tertiary/aromatic N) is 1. The quantitative estimate of drug-likeness (QED) is 0.852. The number of hydrogen-bond acceptors (Lipinski definition) is 4. The Kier molecular flexibility index (Phi) is 4.61. The van der Waals surface area contributed by atoms with Gasteiger partial charge in [-0.1, -0.05) is 17.7 Å². The van der Waals surface area contributed by atoms with Crippen LogP contribution in [0.1, 0.15) is 19.4 Å². The van der Waals surface area contributed by atoms with Crippen molar-refractivity contribution in [1.29, 1.82) is 0 Å². The zero-order valence-corrected chi connectivity index (χ0v) is 13.1. The van der Waals surface area contributed by atoms with Crippen LogP contribution >= 0.6 is 0 Å². The highest BCUT2D eigenvalue weighted by atomic mass is 32.2. The van der Waals surface area contributed by atoms with Crippen LogP contribution in [0.4, 0.5) is 0 Å². The molecule has 0 unspecified atom stereocenters. The summed E-state index contributed by atoms with van der Waals surface area (Å²) in [5.74, 6) is -0.248. The number of benzene rings is 1. The Morgan fingerprint density at radius 3 is 2.43 bits per heavy atom. The molecule has 0 radical (unpaired) electrons. The van der Waals surface area contributed by atoms with Crippen LogP contribution in [-0.2, 0) is 19.6 Å². The summed E-state index contributed by atoms with van der Waals surface area (Å²) in [6.45, 7) is 5.60. The van der Waals surface area contributed by atoms with Gasteiger partial charge in [-0.3, -0.25) is 4.79 Å². The number of aryl methyl sites for hydroxylation is 1. The molecule has 0 fully saturated rings. The van der Waals surface area contributed by atoms with Crippen LogP contribution in [0.25, 0.3) is 0 Å². The average Bonchev–Trinajstić information content (AvgIpc) is 2.43. The summed E-state index contributed by atoms with van der Waals surface area (Å²) >= 11 is 0. The molecule has 1 aromatic carbocycles. The lowest BCUT2D eigenvalue weighted by molar-refractivity contribution is -0.121. The van der Waals surface area contributed by atoms with Gasteiger partial charge in [0.15, 0.2) is 5.78 Å². The molecule has 1 aliphatic heterocycles. The number of ether oxygens (including phenoxy) is 1. The third-order valence-corrected chi connectivity index (χ3v) is 5.35. The number of hydrogen-bond donors (Lipinski definition) is 0. The van der Waals surface area contributed by atoms with E-state index in [2.05, 4.69) is 0 Å². The maximum Gasteiger partial charge on any atom is 0.246 e. The molecule has 6 heteroatoms. The Hall–Kier alpha value is -1.50. The van der Waals surface area contributed by atoms with E-state index in [0.29, 0.717) is 6.61 Å². The molecule has 0 aromatic heterocycles. The topological polar surface area (TPSA) is 63.7 Å². The SMILES string of the molecule is CCO[C@@H]1C=CC(=O)[C@@H](C)N1S(=O)(=O)c1ccc(C)cc1. The van der Waals surface area contributed by atoms with E-state index in [4.69, 9.17) is 4.74 Å². The second-order valence-electron chi connectivity index (χ2n) is 4.93. The minimum absolute atomic E-state index is 0.160. The second kappa shape index (κ2) is 6.09. The Labute approximate surface area is 125 Å². The molecular weight excluding hydrogens is 290 g/mol. The van der Waals surface area contributed by atoms with E-state index < -0.39 is 22.3 Å². The molecule has 0 N–H and O–H groups in total. The summed E-state index contributed by atoms with van der Waals surface area (Å²) in [4.78, 5) is 12.0. The molecule has 0 bridgehead atoms. The van der Waals surface area contributed by atoms with E-state index in [-0.39, 0.29) is 10.7 Å². The first-order valence-corrected chi connectivity index (χ1v) is 8.25. The largest absolute Gasteiger partial charge is 0.359 e. The smallest absolute Gasteiger partial charge is 0.246 e. The van der Waals surface area contributed by atoms with Gasteiger partial charge in [-0.25, -0.2) is 8.42 Å². The molecule has 0 spiro atoms. The first kappa shape index (κ1) is 15.9. The van der Waals surface area contributed by atoms with Crippen molar-refractivity contribution in [2.75, 3.05) is 6.61 Å². The maximum absolute atomic E-state index is 12.8. The molecular formula is C15H19NO4S. The first-order chi connectivity index (χ1) is 9.87. The van der Waals surface area contributed by atoms with Crippen molar-refractivity contribution in [3.63, 3.8) is 0 Å². The third kappa shape index (κ3) is 3.07. The summed E-state index contributed by atoms with van der Waals surface area (Å²) in [5.41, 5.74) is 0.970. The monoisotopic (exact) mass is 309 g/mol. The number of rotatable bonds is 4. The van der Waals surface area contributed by atoms with Crippen LogP contribution in [-0.4, -0.2) is 37.4 Å². The van der Waals surface area contributed by atoms with E-state index >= 15 is 0 Å². The summed E-state index contributed by atoms with van der Waals surface area (Å²) in [6.07, 6.45) is 2.11. The second-order valence-corrected chi connectivity index (χ2v) is 6.77. The van der Waals surface area contributed by atoms with E-state index in [1.54, 1.807) is 38.1 Å². The Morgan fingerprint density at radius 2 is 1.86 bits per heavy atom. The average molecular weight is 309 g/mol. The van der Waals surface area contributed by atoms with E-state index in [0.717, 1.165) is 9.87 Å². The van der Waals surface area contributed by atoms with Gasteiger partial charge in [0.1, 0.15) is 6.23 Å². The van der Waals surface area contributed by atoms with Crippen LogP contribution < -0.4 is 0 Å². The molecule has 0 saturated carbocycles. The van der Waals surface area contributed by atoms with Crippen molar-refractivity contribution in [1.82, 2.24) is 4.31 Å². The third-order valence-electron chi connectivity index (χ3n) is 3.40. The zero-order chi connectivity index (χ0) is 15.6. The number of carbonyl (C=O) groups excluding carboxylic acids is 1. The van der Waals surface area contributed by atoms with Crippen molar-refractivity contribution in [3.8, 4) is 0 Å². The molecule has 114 valence electrons. The van der Waals surface area contributed by atoms with E-state index in [9.17, 15) is 13.2 Å². The molecule has 0 amide bonds. The van der Waals surface area contributed by atoms with Crippen molar-refractivity contribution >= 4 is 15.8 Å². The molecule has 5 nitrogen and oxygen atoms in total. The molecule has 1 aromatic rings. The van der Waals surface area contributed by atoms with Crippen molar-refractivity contribution in [3.05, 3.63) is 42.0 Å². The normalized spacial score (nSPS) is 23.5. The van der Waals surface area contributed by atoms with Gasteiger partial charge in [0.05, 0.1) is 10.9 Å². The highest BCUT2D eigenvalue weighted by Gasteiger charge is 2.39. The van der Waals surface area contributed by atoms with Crippen LogP contribution in [0.3, 0.4) is 0 Å². The van der Waals surface area contributed by atoms with Gasteiger partial charge in [-0.05, 0) is 45.1 Å². The van der Waals surface area contributed by atoms with Gasteiger partial charge in [-0.2, -0.15) is 4.31 Å². The molecule has 1 heterocycles. The lowest BCUT2D eigenvalue weighted by Gasteiger charge is -2.34. The van der Waals surface area contributed by atoms with Crippen LogP contribution in [0, 0.1) is 6.92 Å². The summed E-state index contributed by atoms with van der Waals surface area (Å²) in [7, 11) is -3.80. The molecule has 1 aliphatic rings. The van der Waals surface area contributed by atoms with Gasteiger partial charge >= 0.3 is 0 Å². The number of carbonyl (C=O) groups is 1. The highest BCUT2D eigenvalue weighted by molar-refractivity contribution is 7.89. The van der Waals surface area contributed by atoms with Crippen LogP contribution in [0.2, 0.25) is 0 Å². The van der Waals surface area contributed by atoms with Gasteiger partial charge in [0.25, 0.3) is 0 Å². The number of sulfonamides is 1. The van der Waals surface area contributed by atoms with Gasteiger partial charge in [0.2, 0.25) is 10.0 Å². The van der Waals surface area contributed by atoms with Crippen molar-refractivity contribution in [2.45, 2.75) is 37.9 Å². The fraction of sp³-hybridized carbons (Fsp3) is 0.400. The van der Waals surface area contributed by atoms with Crippen LogP contribution in [0.15, 0.2) is 41.3 Å². The van der Waals surface area contributed by atoms with Gasteiger partial charge in [-0.15, -0.1) is 0 Å². The van der Waals surface area contributed by atoms with E-state index in [1.807, 2.05) is 6.92 Å². The summed E-state index contributed by atoms with van der Waals surface area (Å²) in [6, 6.07) is 5.77. The number of ketones is 1. The Balaban J connectivity index is 2.46. The minimum atomic E-state index is -3.80. The summed E-state index contributed by atoms with van der Waals surface area (Å²) < 4.78 is 32.2. The Morgan fingerprint density at radius 1 is 1.24 bits per heavy atom. The van der Waals surface area contributed by atoms with Crippen LogP contribution in [0.5, 0.6) is 0 Å². The first-order valence-electron chi connectivity index (χ1n) is 6.81. The summed E-state index contributed by atoms with van der Waals surface area (Å²) in [5, 5.41) is 0. The highest BCUT2D eigenvalue weighted by Crippen LogP contribution is 2.25. The minimum Gasteiger partial charge on any atom is -0.359 e. The van der Waals surface area contributed by atoms with E-state index in [1.165, 1.54) is 12.2 Å². The molecule has 0 saturated heterocycles. The lowest BCUT2D eigenvalue weighted by Crippen LogP contribution is -2.51. The molecule has 0 aliphatic carbocycles. The zero-order valence-electron chi connectivity index (χ0n) is 12.3. The fourth-order valence-electron chi connectivity index (χ4n) is 2.22. The van der Waals surface area contributed by atoms with Gasteiger partial charge < -0.3 is 4.74 Å². The van der Waals surface area contributed by atoms with Crippen molar-refractivity contribution in [2.24, 2.45) is 0 Å². The fourth-order valence-corrected chi connectivity index (χ4v) is 3.87. The predicted octanol–water partition coefficient (Wildman–Crippen LogP) is 1.88.